The van der Waals surface area contributed by atoms with Gasteiger partial charge in [0.2, 0.25) is 0 Å². The minimum Gasteiger partial charge on any atom is -0.483 e. The molecule has 0 saturated carbocycles. The quantitative estimate of drug-likeness (QED) is 0.561. The van der Waals surface area contributed by atoms with Crippen molar-refractivity contribution in [2.24, 2.45) is 0 Å². The fraction of sp³-hybridized carbons (Fsp3) is 0.174. The molecule has 0 heterocycles. The highest BCUT2D eigenvalue weighted by Gasteiger charge is 2.16. The van der Waals surface area contributed by atoms with Gasteiger partial charge in [0.25, 0.3) is 15.9 Å². The van der Waals surface area contributed by atoms with Crippen molar-refractivity contribution in [3.8, 4) is 5.75 Å². The van der Waals surface area contributed by atoms with E-state index in [1.165, 1.54) is 42.5 Å². The molecule has 0 aromatic heterocycles. The number of nitrogens with one attached hydrogen (secondary N) is 2. The summed E-state index contributed by atoms with van der Waals surface area (Å²) in [5, 5.41) is 2.59. The van der Waals surface area contributed by atoms with Crippen molar-refractivity contribution >= 4 is 27.3 Å². The monoisotopic (exact) mass is 442 g/mol. The number of amides is 1. The van der Waals surface area contributed by atoms with Crippen molar-refractivity contribution in [3.63, 3.8) is 0 Å². The second-order valence-corrected chi connectivity index (χ2v) is 8.86. The Kier molecular flexibility index (Phi) is 6.60. The van der Waals surface area contributed by atoms with Gasteiger partial charge in [-0.05, 0) is 92.1 Å². The highest BCUT2D eigenvalue weighted by molar-refractivity contribution is 7.92. The predicted octanol–water partition coefficient (Wildman–Crippen LogP) is 4.57. The van der Waals surface area contributed by atoms with Crippen molar-refractivity contribution < 1.29 is 22.3 Å². The van der Waals surface area contributed by atoms with Gasteiger partial charge in [-0.15, -0.1) is 0 Å². The van der Waals surface area contributed by atoms with Crippen molar-refractivity contribution in [3.05, 3.63) is 83.2 Å². The zero-order valence-electron chi connectivity index (χ0n) is 17.4. The van der Waals surface area contributed by atoms with Crippen LogP contribution in [0.1, 0.15) is 16.7 Å². The van der Waals surface area contributed by atoms with Gasteiger partial charge < -0.3 is 10.1 Å². The van der Waals surface area contributed by atoms with E-state index in [4.69, 9.17) is 4.74 Å². The first kappa shape index (κ1) is 22.3. The lowest BCUT2D eigenvalue weighted by Gasteiger charge is -2.13. The molecule has 0 unspecified atom stereocenters. The summed E-state index contributed by atoms with van der Waals surface area (Å²) in [7, 11) is -3.77. The standard InChI is InChI=1S/C23H23FN2O4S/c1-15-4-7-20(12-16(15)2)26-31(28,29)21-10-11-22(17(3)13-21)30-14-23(27)25-19-8-5-18(24)6-9-19/h4-13,26H,14H2,1-3H3,(H,25,27). The summed E-state index contributed by atoms with van der Waals surface area (Å²) in [6, 6.07) is 15.1. The van der Waals surface area contributed by atoms with Gasteiger partial charge in [-0.25, -0.2) is 12.8 Å². The second-order valence-electron chi connectivity index (χ2n) is 7.18. The Hall–Kier alpha value is -3.39. The van der Waals surface area contributed by atoms with Gasteiger partial charge in [0.15, 0.2) is 6.61 Å². The molecule has 3 aromatic carbocycles. The third-order valence-electron chi connectivity index (χ3n) is 4.70. The number of ether oxygens (including phenoxy) is 1. The maximum atomic E-state index is 12.9. The number of halogens is 1. The zero-order chi connectivity index (χ0) is 22.6. The van der Waals surface area contributed by atoms with Gasteiger partial charge in [-0.1, -0.05) is 6.07 Å². The molecule has 162 valence electrons. The number of benzene rings is 3. The Balaban J connectivity index is 1.65. The average Bonchev–Trinajstić information content (AvgIpc) is 2.71. The lowest BCUT2D eigenvalue weighted by atomic mass is 10.1. The minimum atomic E-state index is -3.77. The van der Waals surface area contributed by atoms with E-state index in [9.17, 15) is 17.6 Å². The van der Waals surface area contributed by atoms with Crippen LogP contribution in [0.4, 0.5) is 15.8 Å². The molecule has 0 fully saturated rings. The molecule has 0 aliphatic rings. The smallest absolute Gasteiger partial charge is 0.262 e. The van der Waals surface area contributed by atoms with Gasteiger partial charge in [-0.3, -0.25) is 9.52 Å². The van der Waals surface area contributed by atoms with Crippen LogP contribution >= 0.6 is 0 Å². The number of hydrogen-bond donors (Lipinski definition) is 2. The van der Waals surface area contributed by atoms with Crippen LogP contribution in [0.2, 0.25) is 0 Å². The van der Waals surface area contributed by atoms with E-state index in [-0.39, 0.29) is 11.5 Å². The van der Waals surface area contributed by atoms with Crippen molar-refractivity contribution in [2.75, 3.05) is 16.6 Å². The molecule has 0 radical (unpaired) electrons. The van der Waals surface area contributed by atoms with E-state index in [1.807, 2.05) is 19.9 Å². The maximum absolute atomic E-state index is 12.9. The van der Waals surface area contributed by atoms with E-state index in [0.717, 1.165) is 11.1 Å². The zero-order valence-corrected chi connectivity index (χ0v) is 18.2. The Morgan fingerprint density at radius 3 is 2.19 bits per heavy atom. The van der Waals surface area contributed by atoms with Crippen LogP contribution in [0.5, 0.6) is 5.75 Å². The lowest BCUT2D eigenvalue weighted by Crippen LogP contribution is -2.20. The molecule has 3 rings (SSSR count). The number of carbonyl (C=O) groups is 1. The second kappa shape index (κ2) is 9.18. The van der Waals surface area contributed by atoms with Crippen LogP contribution in [0.15, 0.2) is 65.6 Å². The van der Waals surface area contributed by atoms with Gasteiger partial charge >= 0.3 is 0 Å². The van der Waals surface area contributed by atoms with Gasteiger partial charge in [0, 0.05) is 11.4 Å². The summed E-state index contributed by atoms with van der Waals surface area (Å²) >= 11 is 0. The number of aryl methyl sites for hydroxylation is 3. The largest absolute Gasteiger partial charge is 0.483 e. The Morgan fingerprint density at radius 1 is 0.871 bits per heavy atom. The first-order valence-corrected chi connectivity index (χ1v) is 11.0. The summed E-state index contributed by atoms with van der Waals surface area (Å²) < 4.78 is 46.4. The van der Waals surface area contributed by atoms with Crippen LogP contribution < -0.4 is 14.8 Å². The average molecular weight is 443 g/mol. The maximum Gasteiger partial charge on any atom is 0.262 e. The molecule has 0 aliphatic carbocycles. The molecule has 6 nitrogen and oxygen atoms in total. The molecule has 31 heavy (non-hydrogen) atoms. The molecule has 2 N–H and O–H groups in total. The third kappa shape index (κ3) is 5.82. The Bertz CT molecular complexity index is 1210. The normalized spacial score (nSPS) is 11.1. The van der Waals surface area contributed by atoms with Gasteiger partial charge in [0.05, 0.1) is 4.90 Å². The molecule has 0 atom stereocenters. The molecule has 0 saturated heterocycles. The van der Waals surface area contributed by atoms with Crippen LogP contribution in [0.3, 0.4) is 0 Å². The van der Waals surface area contributed by atoms with Crippen LogP contribution in [0, 0.1) is 26.6 Å². The Morgan fingerprint density at radius 2 is 1.55 bits per heavy atom. The number of carbonyl (C=O) groups excluding carboxylic acids is 1. The van der Waals surface area contributed by atoms with Crippen molar-refractivity contribution in [2.45, 2.75) is 25.7 Å². The van der Waals surface area contributed by atoms with E-state index < -0.39 is 21.7 Å². The molecular weight excluding hydrogens is 419 g/mol. The van der Waals surface area contributed by atoms with Crippen molar-refractivity contribution in [1.82, 2.24) is 0 Å². The van der Waals surface area contributed by atoms with Crippen LogP contribution in [-0.2, 0) is 14.8 Å². The molecule has 0 aliphatic heterocycles. The minimum absolute atomic E-state index is 0.0892. The molecule has 3 aromatic rings. The summed E-state index contributed by atoms with van der Waals surface area (Å²) in [4.78, 5) is 12.1. The first-order valence-electron chi connectivity index (χ1n) is 9.53. The highest BCUT2D eigenvalue weighted by Crippen LogP contribution is 2.24. The van der Waals surface area contributed by atoms with E-state index in [1.54, 1.807) is 19.1 Å². The topological polar surface area (TPSA) is 84.5 Å². The fourth-order valence-electron chi connectivity index (χ4n) is 2.84. The summed E-state index contributed by atoms with van der Waals surface area (Å²) in [5.74, 6) is -0.426. The predicted molar refractivity (Wildman–Crippen MR) is 118 cm³/mol. The van der Waals surface area contributed by atoms with E-state index in [2.05, 4.69) is 10.0 Å². The lowest BCUT2D eigenvalue weighted by molar-refractivity contribution is -0.118. The Labute approximate surface area is 181 Å². The van der Waals surface area contributed by atoms with Crippen LogP contribution in [-0.4, -0.2) is 20.9 Å². The van der Waals surface area contributed by atoms with E-state index >= 15 is 0 Å². The van der Waals surface area contributed by atoms with Gasteiger partial charge in [0.1, 0.15) is 11.6 Å². The van der Waals surface area contributed by atoms with Crippen LogP contribution in [0.25, 0.3) is 0 Å². The molecule has 8 heteroatoms. The summed E-state index contributed by atoms with van der Waals surface area (Å²) in [6.07, 6.45) is 0. The summed E-state index contributed by atoms with van der Waals surface area (Å²) in [6.45, 7) is 5.29. The molecule has 1 amide bonds. The summed E-state index contributed by atoms with van der Waals surface area (Å²) in [5.41, 5.74) is 3.56. The fourth-order valence-corrected chi connectivity index (χ4v) is 3.98. The third-order valence-corrected chi connectivity index (χ3v) is 6.08. The first-order chi connectivity index (χ1) is 14.6. The van der Waals surface area contributed by atoms with Crippen molar-refractivity contribution in [1.29, 1.82) is 0 Å². The van der Waals surface area contributed by atoms with E-state index in [0.29, 0.717) is 22.7 Å². The van der Waals surface area contributed by atoms with Gasteiger partial charge in [-0.2, -0.15) is 0 Å². The molecule has 0 bridgehead atoms. The SMILES string of the molecule is Cc1ccc(NS(=O)(=O)c2ccc(OCC(=O)Nc3ccc(F)cc3)c(C)c2)cc1C. The number of rotatable bonds is 7. The molecular formula is C23H23FN2O4S. The number of hydrogen-bond acceptors (Lipinski definition) is 4. The highest BCUT2D eigenvalue weighted by atomic mass is 32.2. The molecule has 0 spiro atoms. The number of sulfonamides is 1. The number of anilines is 2.